The molecule has 1 radical (unpaired) electrons. The van der Waals surface area contributed by atoms with Crippen molar-refractivity contribution in [3.63, 3.8) is 0 Å². The van der Waals surface area contributed by atoms with Gasteiger partial charge in [0.2, 0.25) is 0 Å². The Morgan fingerprint density at radius 2 is 1.33 bits per heavy atom. The summed E-state index contributed by atoms with van der Waals surface area (Å²) >= 11 is 0. The summed E-state index contributed by atoms with van der Waals surface area (Å²) in [5.41, 5.74) is 6.67. The van der Waals surface area contributed by atoms with Crippen molar-refractivity contribution in [2.24, 2.45) is 0 Å². The smallest absolute Gasteiger partial charge is 0.0179 e. The molecule has 2 rings (SSSR count). The van der Waals surface area contributed by atoms with E-state index in [-0.39, 0.29) is 0 Å². The van der Waals surface area contributed by atoms with Crippen LogP contribution in [0.4, 0.5) is 0 Å². The first-order valence-corrected chi connectivity index (χ1v) is 5.23. The molecule has 0 aliphatic heterocycles. The second-order valence-electron chi connectivity index (χ2n) is 4.02. The average Bonchev–Trinajstić information content (AvgIpc) is 2.26. The minimum atomic E-state index is 1.26. The first-order valence-electron chi connectivity index (χ1n) is 5.23. The Bertz CT molecular complexity index is 444. The molecule has 0 bridgehead atoms. The van der Waals surface area contributed by atoms with Gasteiger partial charge in [-0.05, 0) is 54.7 Å². The van der Waals surface area contributed by atoms with E-state index in [0.29, 0.717) is 0 Å². The zero-order valence-electron chi connectivity index (χ0n) is 9.46. The normalized spacial score (nSPS) is 10.3. The van der Waals surface area contributed by atoms with Crippen molar-refractivity contribution in [2.45, 2.75) is 20.8 Å². The van der Waals surface area contributed by atoms with Crippen molar-refractivity contribution in [3.8, 4) is 11.1 Å². The van der Waals surface area contributed by atoms with E-state index in [1.54, 1.807) is 0 Å². The third-order valence-electron chi connectivity index (χ3n) is 2.98. The summed E-state index contributed by atoms with van der Waals surface area (Å²) in [4.78, 5) is 0. The molecule has 0 heteroatoms. The maximum atomic E-state index is 3.04. The molecule has 75 valence electrons. The maximum Gasteiger partial charge on any atom is -0.0179 e. The van der Waals surface area contributed by atoms with Gasteiger partial charge in [-0.3, -0.25) is 0 Å². The summed E-state index contributed by atoms with van der Waals surface area (Å²) in [6.07, 6.45) is 0. The third-order valence-corrected chi connectivity index (χ3v) is 2.98. The molecule has 0 amide bonds. The fraction of sp³-hybridized carbons (Fsp3) is 0.200. The zero-order valence-corrected chi connectivity index (χ0v) is 9.46. The number of rotatable bonds is 1. The number of hydrogen-bond donors (Lipinski definition) is 0. The molecular weight excluding hydrogens is 180 g/mol. The number of aryl methyl sites for hydroxylation is 2. The number of hydrogen-bond acceptors (Lipinski definition) is 0. The molecule has 0 atom stereocenters. The minimum absolute atomic E-state index is 1.26. The molecule has 0 fully saturated rings. The van der Waals surface area contributed by atoms with Gasteiger partial charge in [0.15, 0.2) is 0 Å². The van der Waals surface area contributed by atoms with E-state index in [0.717, 1.165) is 0 Å². The van der Waals surface area contributed by atoms with Crippen LogP contribution in [-0.2, 0) is 0 Å². The van der Waals surface area contributed by atoms with Crippen LogP contribution in [-0.4, -0.2) is 0 Å². The molecule has 0 spiro atoms. The summed E-state index contributed by atoms with van der Waals surface area (Å²) in [5, 5.41) is 0. The summed E-state index contributed by atoms with van der Waals surface area (Å²) in [6, 6.07) is 15.7. The summed E-state index contributed by atoms with van der Waals surface area (Å²) in [5.74, 6) is 0. The SMILES string of the molecule is Cc1cc(-c2cc[c]cc2)cc(C)c1C. The van der Waals surface area contributed by atoms with Crippen LogP contribution in [0, 0.1) is 26.8 Å². The first kappa shape index (κ1) is 9.97. The van der Waals surface area contributed by atoms with Crippen molar-refractivity contribution in [1.29, 1.82) is 0 Å². The van der Waals surface area contributed by atoms with E-state index < -0.39 is 0 Å². The standard InChI is InChI=1S/C15H15/c1-11-9-15(10-12(2)13(11)3)14-7-5-4-6-8-14/h5-10H,1-3H3. The van der Waals surface area contributed by atoms with Crippen LogP contribution < -0.4 is 0 Å². The number of benzene rings is 2. The van der Waals surface area contributed by atoms with Crippen LogP contribution in [0.25, 0.3) is 11.1 Å². The molecule has 0 heterocycles. The molecule has 0 unspecified atom stereocenters. The first-order chi connectivity index (χ1) is 7.18. The van der Waals surface area contributed by atoms with Gasteiger partial charge in [0, 0.05) is 0 Å². The summed E-state index contributed by atoms with van der Waals surface area (Å²) in [7, 11) is 0. The Labute approximate surface area is 91.6 Å². The highest BCUT2D eigenvalue weighted by molar-refractivity contribution is 5.65. The molecule has 0 aromatic heterocycles. The van der Waals surface area contributed by atoms with Crippen LogP contribution in [0.2, 0.25) is 0 Å². The molecule has 0 N–H and O–H groups in total. The van der Waals surface area contributed by atoms with E-state index in [1.165, 1.54) is 27.8 Å². The van der Waals surface area contributed by atoms with Crippen LogP contribution in [0.5, 0.6) is 0 Å². The van der Waals surface area contributed by atoms with Crippen LogP contribution >= 0.6 is 0 Å². The third kappa shape index (κ3) is 1.94. The van der Waals surface area contributed by atoms with E-state index in [4.69, 9.17) is 0 Å². The van der Waals surface area contributed by atoms with Crippen LogP contribution in [0.1, 0.15) is 16.7 Å². The van der Waals surface area contributed by atoms with E-state index in [9.17, 15) is 0 Å². The van der Waals surface area contributed by atoms with Gasteiger partial charge in [0.1, 0.15) is 0 Å². The van der Waals surface area contributed by atoms with Gasteiger partial charge in [-0.1, -0.05) is 36.4 Å². The second kappa shape index (κ2) is 3.90. The highest BCUT2D eigenvalue weighted by atomic mass is 14.1. The summed E-state index contributed by atoms with van der Waals surface area (Å²) < 4.78 is 0. The van der Waals surface area contributed by atoms with Gasteiger partial charge < -0.3 is 0 Å². The predicted molar refractivity (Wildman–Crippen MR) is 64.9 cm³/mol. The van der Waals surface area contributed by atoms with E-state index in [1.807, 2.05) is 12.1 Å². The molecule has 0 nitrogen and oxygen atoms in total. The van der Waals surface area contributed by atoms with Gasteiger partial charge in [-0.2, -0.15) is 0 Å². The highest BCUT2D eigenvalue weighted by Crippen LogP contribution is 2.24. The molecule has 2 aromatic carbocycles. The van der Waals surface area contributed by atoms with Crippen molar-refractivity contribution in [2.75, 3.05) is 0 Å². The van der Waals surface area contributed by atoms with Gasteiger partial charge in [-0.25, -0.2) is 0 Å². The van der Waals surface area contributed by atoms with Gasteiger partial charge >= 0.3 is 0 Å². The van der Waals surface area contributed by atoms with Gasteiger partial charge in [-0.15, -0.1) is 0 Å². The molecule has 2 aromatic rings. The Hall–Kier alpha value is -1.56. The average molecular weight is 195 g/mol. The second-order valence-corrected chi connectivity index (χ2v) is 4.02. The fourth-order valence-electron chi connectivity index (χ4n) is 1.78. The maximum absolute atomic E-state index is 3.04. The lowest BCUT2D eigenvalue weighted by Crippen LogP contribution is -1.88. The van der Waals surface area contributed by atoms with Gasteiger partial charge in [0.25, 0.3) is 0 Å². The zero-order chi connectivity index (χ0) is 10.8. The lowest BCUT2D eigenvalue weighted by atomic mass is 9.97. The largest absolute Gasteiger partial charge is 0.0538 e. The van der Waals surface area contributed by atoms with E-state index >= 15 is 0 Å². The minimum Gasteiger partial charge on any atom is -0.0538 e. The molecule has 0 saturated heterocycles. The molecule has 15 heavy (non-hydrogen) atoms. The van der Waals surface area contributed by atoms with Gasteiger partial charge in [0.05, 0.1) is 0 Å². The highest BCUT2D eigenvalue weighted by Gasteiger charge is 2.02. The van der Waals surface area contributed by atoms with Crippen LogP contribution in [0.15, 0.2) is 36.4 Å². The van der Waals surface area contributed by atoms with Crippen molar-refractivity contribution in [3.05, 3.63) is 59.2 Å². The Morgan fingerprint density at radius 1 is 0.800 bits per heavy atom. The topological polar surface area (TPSA) is 0 Å². The summed E-state index contributed by atoms with van der Waals surface area (Å²) in [6.45, 7) is 6.51. The molecule has 0 aliphatic rings. The molecule has 0 aliphatic carbocycles. The quantitative estimate of drug-likeness (QED) is 0.643. The fourth-order valence-corrected chi connectivity index (χ4v) is 1.78. The van der Waals surface area contributed by atoms with E-state index in [2.05, 4.69) is 51.1 Å². The van der Waals surface area contributed by atoms with Crippen molar-refractivity contribution in [1.82, 2.24) is 0 Å². The lowest BCUT2D eigenvalue weighted by molar-refractivity contribution is 1.27. The monoisotopic (exact) mass is 195 g/mol. The Morgan fingerprint density at radius 3 is 1.87 bits per heavy atom. The molecular formula is C15H15. The van der Waals surface area contributed by atoms with Crippen LogP contribution in [0.3, 0.4) is 0 Å². The Kier molecular flexibility index (Phi) is 2.59. The molecule has 0 saturated carbocycles. The van der Waals surface area contributed by atoms with Crippen molar-refractivity contribution < 1.29 is 0 Å². The Balaban J connectivity index is 2.56. The predicted octanol–water partition coefficient (Wildman–Crippen LogP) is 4.08. The van der Waals surface area contributed by atoms with Crippen molar-refractivity contribution >= 4 is 0 Å². The lowest BCUT2D eigenvalue weighted by Gasteiger charge is -2.09.